The third-order valence-electron chi connectivity index (χ3n) is 1.85. The third-order valence-corrected chi connectivity index (χ3v) is 2.99. The lowest BCUT2D eigenvalue weighted by Gasteiger charge is -2.13. The molecule has 3 nitrogen and oxygen atoms in total. The van der Waals surface area contributed by atoms with E-state index in [9.17, 15) is 4.79 Å². The summed E-state index contributed by atoms with van der Waals surface area (Å²) in [4.78, 5) is 11.3. The van der Waals surface area contributed by atoms with Gasteiger partial charge in [0.05, 0.1) is 6.61 Å². The second kappa shape index (κ2) is 9.34. The third kappa shape index (κ3) is 6.27. The second-order valence-corrected chi connectivity index (χ2v) is 4.17. The Morgan fingerprint density at radius 1 is 1.50 bits per heavy atom. The number of ether oxygens (including phenoxy) is 1. The van der Waals surface area contributed by atoms with Crippen molar-refractivity contribution in [2.24, 2.45) is 0 Å². The average molecular weight is 219 g/mol. The van der Waals surface area contributed by atoms with E-state index in [4.69, 9.17) is 4.74 Å². The van der Waals surface area contributed by atoms with Crippen LogP contribution in [0.25, 0.3) is 0 Å². The van der Waals surface area contributed by atoms with Crippen LogP contribution in [-0.2, 0) is 9.53 Å². The fraction of sp³-hybridized carbons (Fsp3) is 0.900. The monoisotopic (exact) mass is 219 g/mol. The Morgan fingerprint density at radius 2 is 2.21 bits per heavy atom. The molecule has 0 fully saturated rings. The summed E-state index contributed by atoms with van der Waals surface area (Å²) < 4.78 is 4.94. The predicted octanol–water partition coefficient (Wildman–Crippen LogP) is 1.67. The van der Waals surface area contributed by atoms with E-state index in [1.54, 1.807) is 18.8 Å². The van der Waals surface area contributed by atoms with E-state index in [0.717, 1.165) is 11.5 Å². The molecule has 14 heavy (non-hydrogen) atoms. The molecule has 1 atom stereocenters. The molecular weight excluding hydrogens is 198 g/mol. The van der Waals surface area contributed by atoms with Crippen molar-refractivity contribution in [3.63, 3.8) is 0 Å². The minimum Gasteiger partial charge on any atom is -0.465 e. The molecule has 0 rings (SSSR count). The minimum absolute atomic E-state index is 0.140. The molecule has 0 aromatic heterocycles. The van der Waals surface area contributed by atoms with E-state index in [1.807, 2.05) is 6.92 Å². The smallest absolute Gasteiger partial charge is 0.323 e. The summed E-state index contributed by atoms with van der Waals surface area (Å²) >= 11 is 1.80. The van der Waals surface area contributed by atoms with Crippen LogP contribution in [0.4, 0.5) is 0 Å². The van der Waals surface area contributed by atoms with Gasteiger partial charge in [0.25, 0.3) is 0 Å². The number of likely N-dealkylation sites (N-methyl/N-ethyl adjacent to an activating group) is 1. The van der Waals surface area contributed by atoms with Crippen molar-refractivity contribution >= 4 is 17.7 Å². The van der Waals surface area contributed by atoms with Crippen molar-refractivity contribution in [3.05, 3.63) is 0 Å². The van der Waals surface area contributed by atoms with Crippen LogP contribution in [0, 0.1) is 0 Å². The fourth-order valence-corrected chi connectivity index (χ4v) is 2.16. The SMILES string of the molecule is CCCCSCC(NC)C(=O)OCC. The molecule has 0 heterocycles. The molecule has 0 spiro atoms. The van der Waals surface area contributed by atoms with Gasteiger partial charge in [-0.2, -0.15) is 11.8 Å². The van der Waals surface area contributed by atoms with E-state index in [2.05, 4.69) is 12.2 Å². The van der Waals surface area contributed by atoms with Crippen LogP contribution < -0.4 is 5.32 Å². The number of nitrogens with one attached hydrogen (secondary N) is 1. The summed E-state index contributed by atoms with van der Waals surface area (Å²) in [5, 5.41) is 2.97. The van der Waals surface area contributed by atoms with E-state index >= 15 is 0 Å². The van der Waals surface area contributed by atoms with Crippen LogP contribution >= 0.6 is 11.8 Å². The summed E-state index contributed by atoms with van der Waals surface area (Å²) in [7, 11) is 1.79. The first-order chi connectivity index (χ1) is 6.76. The maximum Gasteiger partial charge on any atom is 0.323 e. The molecule has 0 saturated carbocycles. The van der Waals surface area contributed by atoms with Crippen LogP contribution in [0.5, 0.6) is 0 Å². The largest absolute Gasteiger partial charge is 0.465 e. The second-order valence-electron chi connectivity index (χ2n) is 3.02. The molecule has 0 aliphatic rings. The predicted molar refractivity (Wildman–Crippen MR) is 61.7 cm³/mol. The number of rotatable bonds is 8. The normalized spacial score (nSPS) is 12.5. The van der Waals surface area contributed by atoms with Gasteiger partial charge in [0.1, 0.15) is 6.04 Å². The molecule has 1 unspecified atom stereocenters. The van der Waals surface area contributed by atoms with Gasteiger partial charge in [0.2, 0.25) is 0 Å². The molecule has 0 aromatic carbocycles. The molecule has 1 N–H and O–H groups in total. The molecule has 0 aliphatic heterocycles. The highest BCUT2D eigenvalue weighted by atomic mass is 32.2. The zero-order valence-electron chi connectivity index (χ0n) is 9.34. The number of hydrogen-bond acceptors (Lipinski definition) is 4. The number of esters is 1. The number of carbonyl (C=O) groups is 1. The van der Waals surface area contributed by atoms with Gasteiger partial charge in [0, 0.05) is 5.75 Å². The lowest BCUT2D eigenvalue weighted by atomic mass is 10.3. The first-order valence-corrected chi connectivity index (χ1v) is 6.33. The van der Waals surface area contributed by atoms with Crippen molar-refractivity contribution in [3.8, 4) is 0 Å². The van der Waals surface area contributed by atoms with Gasteiger partial charge in [-0.3, -0.25) is 4.79 Å². The van der Waals surface area contributed by atoms with Gasteiger partial charge in [-0.1, -0.05) is 13.3 Å². The summed E-state index contributed by atoms with van der Waals surface area (Å²) in [5.74, 6) is 1.78. The van der Waals surface area contributed by atoms with Gasteiger partial charge in [0.15, 0.2) is 0 Å². The Balaban J connectivity index is 3.62. The number of hydrogen-bond donors (Lipinski definition) is 1. The molecule has 84 valence electrons. The van der Waals surface area contributed by atoms with Gasteiger partial charge < -0.3 is 10.1 Å². The maximum atomic E-state index is 11.3. The van der Waals surface area contributed by atoms with E-state index in [1.165, 1.54) is 12.8 Å². The van der Waals surface area contributed by atoms with Crippen LogP contribution in [0.1, 0.15) is 26.7 Å². The first kappa shape index (κ1) is 13.8. The number of carbonyl (C=O) groups excluding carboxylic acids is 1. The Hall–Kier alpha value is -0.220. The van der Waals surface area contributed by atoms with Gasteiger partial charge in [-0.05, 0) is 26.1 Å². The van der Waals surface area contributed by atoms with Gasteiger partial charge >= 0.3 is 5.97 Å². The summed E-state index contributed by atoms with van der Waals surface area (Å²) in [5.41, 5.74) is 0. The van der Waals surface area contributed by atoms with E-state index < -0.39 is 0 Å². The topological polar surface area (TPSA) is 38.3 Å². The van der Waals surface area contributed by atoms with Crippen molar-refractivity contribution in [1.82, 2.24) is 5.32 Å². The first-order valence-electron chi connectivity index (χ1n) is 5.17. The van der Waals surface area contributed by atoms with Crippen molar-refractivity contribution in [1.29, 1.82) is 0 Å². The minimum atomic E-state index is -0.156. The summed E-state index contributed by atoms with van der Waals surface area (Å²) in [6.07, 6.45) is 2.42. The van der Waals surface area contributed by atoms with E-state index in [0.29, 0.717) is 6.61 Å². The highest BCUT2D eigenvalue weighted by Gasteiger charge is 2.16. The molecule has 0 saturated heterocycles. The molecule has 0 aromatic rings. The van der Waals surface area contributed by atoms with Crippen molar-refractivity contribution in [2.45, 2.75) is 32.7 Å². The Kier molecular flexibility index (Phi) is 9.19. The van der Waals surface area contributed by atoms with Crippen molar-refractivity contribution in [2.75, 3.05) is 25.2 Å². The zero-order valence-corrected chi connectivity index (χ0v) is 10.2. The Morgan fingerprint density at radius 3 is 2.71 bits per heavy atom. The summed E-state index contributed by atoms with van der Waals surface area (Å²) in [6.45, 7) is 4.45. The summed E-state index contributed by atoms with van der Waals surface area (Å²) in [6, 6.07) is -0.156. The Labute approximate surface area is 91.0 Å². The average Bonchev–Trinajstić information content (AvgIpc) is 2.18. The van der Waals surface area contributed by atoms with Crippen LogP contribution in [0.2, 0.25) is 0 Å². The van der Waals surface area contributed by atoms with Crippen LogP contribution in [-0.4, -0.2) is 37.2 Å². The van der Waals surface area contributed by atoms with Gasteiger partial charge in [-0.25, -0.2) is 0 Å². The quantitative estimate of drug-likeness (QED) is 0.498. The molecule has 4 heteroatoms. The fourth-order valence-electron chi connectivity index (χ4n) is 0.960. The lowest BCUT2D eigenvalue weighted by molar-refractivity contribution is -0.144. The van der Waals surface area contributed by atoms with E-state index in [-0.39, 0.29) is 12.0 Å². The van der Waals surface area contributed by atoms with Crippen molar-refractivity contribution < 1.29 is 9.53 Å². The molecule has 0 radical (unpaired) electrons. The highest BCUT2D eigenvalue weighted by molar-refractivity contribution is 7.99. The number of unbranched alkanes of at least 4 members (excludes halogenated alkanes) is 1. The zero-order chi connectivity index (χ0) is 10.8. The standard InChI is InChI=1S/C10H21NO2S/c1-4-6-7-14-8-9(11-3)10(12)13-5-2/h9,11H,4-8H2,1-3H3. The maximum absolute atomic E-state index is 11.3. The highest BCUT2D eigenvalue weighted by Crippen LogP contribution is 2.07. The molecular formula is C10H21NO2S. The molecule has 0 amide bonds. The van der Waals surface area contributed by atoms with Gasteiger partial charge in [-0.15, -0.1) is 0 Å². The lowest BCUT2D eigenvalue weighted by Crippen LogP contribution is -2.37. The van der Waals surface area contributed by atoms with Crippen LogP contribution in [0.3, 0.4) is 0 Å². The Bertz CT molecular complexity index is 153. The molecule has 0 bridgehead atoms. The van der Waals surface area contributed by atoms with Crippen LogP contribution in [0.15, 0.2) is 0 Å². The number of thioether (sulfide) groups is 1. The molecule has 0 aliphatic carbocycles.